The van der Waals surface area contributed by atoms with Crippen LogP contribution in [0.5, 0.6) is 11.8 Å². The highest BCUT2D eigenvalue weighted by Gasteiger charge is 2.28. The second kappa shape index (κ2) is 8.00. The van der Waals surface area contributed by atoms with Gasteiger partial charge in [0.1, 0.15) is 11.8 Å². The molecule has 0 spiro atoms. The van der Waals surface area contributed by atoms with E-state index in [0.717, 1.165) is 24.9 Å². The minimum absolute atomic E-state index is 0.0309. The minimum Gasteiger partial charge on any atom is -0.459 e. The number of benzene rings is 1. The fraction of sp³-hybridized carbons (Fsp3) is 0.333. The summed E-state index contributed by atoms with van der Waals surface area (Å²) in [5.74, 6) is 0.247. The lowest BCUT2D eigenvalue weighted by molar-refractivity contribution is -0.137. The summed E-state index contributed by atoms with van der Waals surface area (Å²) >= 11 is 0. The van der Waals surface area contributed by atoms with Gasteiger partial charge in [-0.2, -0.15) is 0 Å². The number of nitrogens with zero attached hydrogens (tertiary/aromatic N) is 5. The molecular weight excluding hydrogens is 370 g/mol. The van der Waals surface area contributed by atoms with Gasteiger partial charge < -0.3 is 14.2 Å². The summed E-state index contributed by atoms with van der Waals surface area (Å²) in [7, 11) is 0. The lowest BCUT2D eigenvalue weighted by Crippen LogP contribution is -2.29. The van der Waals surface area contributed by atoms with Gasteiger partial charge in [-0.15, -0.1) is 5.10 Å². The molecule has 4 rings (SSSR count). The zero-order chi connectivity index (χ0) is 20.3. The molecule has 0 fully saturated rings. The number of imidazole rings is 1. The van der Waals surface area contributed by atoms with Gasteiger partial charge in [0.05, 0.1) is 23.8 Å². The van der Waals surface area contributed by atoms with Gasteiger partial charge >= 0.3 is 6.01 Å². The Morgan fingerprint density at radius 2 is 2.21 bits per heavy atom. The summed E-state index contributed by atoms with van der Waals surface area (Å²) in [6.07, 6.45) is 14.0. The quantitative estimate of drug-likeness (QED) is 0.383. The van der Waals surface area contributed by atoms with Gasteiger partial charge in [-0.25, -0.2) is 15.2 Å². The average Bonchev–Trinajstić information content (AvgIpc) is 3.29. The number of hydrogen-bond acceptors (Lipinski definition) is 7. The van der Waals surface area contributed by atoms with E-state index in [4.69, 9.17) is 4.74 Å². The SMILES string of the molecule is CC[C@]1(C)C=CC[C@H](Oc2ncc(-c3ccc(-n4ccnc4)cc3OO)nn2)C1. The van der Waals surface area contributed by atoms with Gasteiger partial charge in [0.2, 0.25) is 0 Å². The zero-order valence-corrected chi connectivity index (χ0v) is 16.4. The van der Waals surface area contributed by atoms with Crippen molar-refractivity contribution >= 4 is 0 Å². The van der Waals surface area contributed by atoms with E-state index in [1.54, 1.807) is 41.6 Å². The van der Waals surface area contributed by atoms with Gasteiger partial charge in [-0.3, -0.25) is 0 Å². The van der Waals surface area contributed by atoms with Crippen molar-refractivity contribution in [2.24, 2.45) is 5.41 Å². The monoisotopic (exact) mass is 393 g/mol. The van der Waals surface area contributed by atoms with Gasteiger partial charge in [-0.1, -0.05) is 31.1 Å². The van der Waals surface area contributed by atoms with E-state index in [9.17, 15) is 5.26 Å². The topological polar surface area (TPSA) is 95.2 Å². The van der Waals surface area contributed by atoms with E-state index in [1.807, 2.05) is 6.07 Å². The third-order valence-electron chi connectivity index (χ3n) is 5.38. The van der Waals surface area contributed by atoms with Crippen LogP contribution in [0.2, 0.25) is 0 Å². The second-order valence-electron chi connectivity index (χ2n) is 7.46. The third-order valence-corrected chi connectivity index (χ3v) is 5.38. The molecule has 1 aromatic carbocycles. The first-order valence-corrected chi connectivity index (χ1v) is 9.58. The first-order chi connectivity index (χ1) is 14.1. The summed E-state index contributed by atoms with van der Waals surface area (Å²) in [6.45, 7) is 4.41. The predicted octanol–water partition coefficient (Wildman–Crippen LogP) is 4.09. The van der Waals surface area contributed by atoms with Crippen LogP contribution in [-0.4, -0.2) is 36.1 Å². The molecule has 0 amide bonds. The van der Waals surface area contributed by atoms with Crippen LogP contribution in [0.4, 0.5) is 0 Å². The summed E-state index contributed by atoms with van der Waals surface area (Å²) < 4.78 is 7.74. The van der Waals surface area contributed by atoms with Crippen LogP contribution in [0.1, 0.15) is 33.1 Å². The molecule has 0 saturated heterocycles. The summed E-state index contributed by atoms with van der Waals surface area (Å²) in [6, 6.07) is 5.58. The molecule has 2 heterocycles. The molecule has 2 atom stereocenters. The molecule has 2 aromatic heterocycles. The Hall–Kier alpha value is -3.26. The number of hydrogen-bond donors (Lipinski definition) is 1. The third kappa shape index (κ3) is 4.12. The minimum atomic E-state index is 0.0309. The van der Waals surface area contributed by atoms with Gasteiger partial charge in [0, 0.05) is 24.9 Å². The van der Waals surface area contributed by atoms with E-state index >= 15 is 0 Å². The van der Waals surface area contributed by atoms with E-state index in [0.29, 0.717) is 11.3 Å². The Balaban J connectivity index is 1.51. The molecule has 150 valence electrons. The Bertz CT molecular complexity index is 988. The normalized spacial score (nSPS) is 21.1. The molecule has 1 aliphatic rings. The molecule has 0 bridgehead atoms. The molecule has 0 unspecified atom stereocenters. The molecular formula is C21H23N5O3. The highest BCUT2D eigenvalue weighted by molar-refractivity contribution is 5.68. The van der Waals surface area contributed by atoms with Crippen molar-refractivity contribution in [2.75, 3.05) is 0 Å². The van der Waals surface area contributed by atoms with Crippen molar-refractivity contribution < 1.29 is 14.9 Å². The van der Waals surface area contributed by atoms with Crippen LogP contribution in [0.15, 0.2) is 55.3 Å². The number of aromatic nitrogens is 5. The van der Waals surface area contributed by atoms with Gasteiger partial charge in [-0.05, 0) is 30.4 Å². The maximum atomic E-state index is 9.32. The zero-order valence-electron chi connectivity index (χ0n) is 16.4. The number of ether oxygens (including phenoxy) is 1. The van der Waals surface area contributed by atoms with Crippen LogP contribution in [0, 0.1) is 5.41 Å². The van der Waals surface area contributed by atoms with Gasteiger partial charge in [0.15, 0.2) is 5.75 Å². The largest absolute Gasteiger partial charge is 0.459 e. The summed E-state index contributed by atoms with van der Waals surface area (Å²) in [5, 5.41) is 17.6. The molecule has 8 heteroatoms. The van der Waals surface area contributed by atoms with Crippen molar-refractivity contribution in [3.05, 3.63) is 55.3 Å². The van der Waals surface area contributed by atoms with Crippen LogP contribution < -0.4 is 9.62 Å². The fourth-order valence-electron chi connectivity index (χ4n) is 3.49. The molecule has 8 nitrogen and oxygen atoms in total. The van der Waals surface area contributed by atoms with E-state index in [2.05, 4.69) is 51.1 Å². The molecule has 1 N–H and O–H groups in total. The van der Waals surface area contributed by atoms with Crippen molar-refractivity contribution in [3.63, 3.8) is 0 Å². The Kier molecular flexibility index (Phi) is 5.26. The highest BCUT2D eigenvalue weighted by atomic mass is 17.1. The fourth-order valence-corrected chi connectivity index (χ4v) is 3.49. The predicted molar refractivity (Wildman–Crippen MR) is 107 cm³/mol. The highest BCUT2D eigenvalue weighted by Crippen LogP contribution is 2.35. The van der Waals surface area contributed by atoms with Crippen molar-refractivity contribution in [1.82, 2.24) is 24.7 Å². The molecule has 0 radical (unpaired) electrons. The first kappa shape index (κ1) is 19.1. The Morgan fingerprint density at radius 3 is 2.90 bits per heavy atom. The molecule has 3 aromatic rings. The van der Waals surface area contributed by atoms with Crippen LogP contribution >= 0.6 is 0 Å². The number of rotatable bonds is 6. The maximum Gasteiger partial charge on any atom is 0.335 e. The van der Waals surface area contributed by atoms with Crippen LogP contribution in [-0.2, 0) is 0 Å². The van der Waals surface area contributed by atoms with Crippen molar-refractivity contribution in [3.8, 4) is 28.7 Å². The Morgan fingerprint density at radius 1 is 1.31 bits per heavy atom. The molecule has 29 heavy (non-hydrogen) atoms. The standard InChI is InChI=1S/C21H23N5O3/c1-3-21(2)8-4-5-16(12-21)28-20-23-13-18(24-25-20)17-7-6-15(11-19(17)29-27)26-10-9-22-14-26/h4,6-11,13-14,16,27H,3,5,12H2,1-2H3/t16-,21+/m0/s1. The summed E-state index contributed by atoms with van der Waals surface area (Å²) in [4.78, 5) is 12.9. The van der Waals surface area contributed by atoms with Crippen molar-refractivity contribution in [2.45, 2.75) is 39.2 Å². The average molecular weight is 393 g/mol. The number of allylic oxidation sites excluding steroid dienone is 1. The second-order valence-corrected chi connectivity index (χ2v) is 7.46. The summed E-state index contributed by atoms with van der Waals surface area (Å²) in [5.41, 5.74) is 1.98. The lowest BCUT2D eigenvalue weighted by Gasteiger charge is -2.32. The smallest absolute Gasteiger partial charge is 0.335 e. The molecule has 0 saturated carbocycles. The Labute approximate surface area is 168 Å². The van der Waals surface area contributed by atoms with E-state index in [1.165, 1.54) is 0 Å². The van der Waals surface area contributed by atoms with Crippen LogP contribution in [0.3, 0.4) is 0 Å². The first-order valence-electron chi connectivity index (χ1n) is 9.58. The molecule has 1 aliphatic carbocycles. The van der Waals surface area contributed by atoms with Crippen LogP contribution in [0.25, 0.3) is 16.9 Å². The van der Waals surface area contributed by atoms with E-state index in [-0.39, 0.29) is 23.3 Å². The van der Waals surface area contributed by atoms with Crippen molar-refractivity contribution in [1.29, 1.82) is 0 Å². The maximum absolute atomic E-state index is 9.32. The lowest BCUT2D eigenvalue weighted by atomic mass is 9.77. The molecule has 0 aliphatic heterocycles. The van der Waals surface area contributed by atoms with Gasteiger partial charge in [0.25, 0.3) is 0 Å². The van der Waals surface area contributed by atoms with E-state index < -0.39 is 0 Å².